The molecular formula is C31H40FN5O5S. The van der Waals surface area contributed by atoms with Crippen molar-refractivity contribution in [2.24, 2.45) is 5.92 Å². The minimum atomic E-state index is -2.02. The summed E-state index contributed by atoms with van der Waals surface area (Å²) >= 11 is 1.51. The molecule has 0 spiro atoms. The predicted octanol–water partition coefficient (Wildman–Crippen LogP) is 4.23. The molecule has 232 valence electrons. The summed E-state index contributed by atoms with van der Waals surface area (Å²) in [5.41, 5.74) is 4.31. The maximum atomic E-state index is 15.5. The third-order valence-corrected chi connectivity index (χ3v) is 8.34. The molecule has 0 radical (unpaired) electrons. The minimum absolute atomic E-state index is 0.117. The third kappa shape index (κ3) is 7.48. The molecule has 1 aromatic carbocycles. The quantitative estimate of drug-likeness (QED) is 0.329. The van der Waals surface area contributed by atoms with Crippen molar-refractivity contribution < 1.29 is 28.4 Å². The van der Waals surface area contributed by atoms with Gasteiger partial charge >= 0.3 is 0 Å². The Morgan fingerprint density at radius 1 is 1.19 bits per heavy atom. The zero-order chi connectivity index (χ0) is 31.6. The molecule has 1 fully saturated rings. The fourth-order valence-corrected chi connectivity index (χ4v) is 6.18. The molecule has 4 rings (SSSR count). The van der Waals surface area contributed by atoms with Crippen molar-refractivity contribution >= 4 is 29.1 Å². The molecule has 5 atom stereocenters. The lowest BCUT2D eigenvalue weighted by atomic mass is 9.91. The molecule has 3 heterocycles. The van der Waals surface area contributed by atoms with Crippen LogP contribution in [0.2, 0.25) is 0 Å². The molecule has 10 nitrogen and oxygen atoms in total. The van der Waals surface area contributed by atoms with E-state index in [-0.39, 0.29) is 24.8 Å². The van der Waals surface area contributed by atoms with E-state index in [4.69, 9.17) is 4.52 Å². The molecule has 3 N–H and O–H groups in total. The number of carbonyl (C=O) groups excluding carboxylic acids is 3. The fourth-order valence-electron chi connectivity index (χ4n) is 5.36. The zero-order valence-corrected chi connectivity index (χ0v) is 26.4. The standard InChI is InChI=1S/C31H40FN5O5S/c1-16(2)25(23-12-17(3)36-42-23)30(41)37-14-22(38)26(32)27(37)29(40)34-21(13-24(39)35-31(5,6)7)19-8-10-20(11-9-19)28-18(4)33-15-43-28/h8-12,15-16,21-22,25-27,38H,13-14H2,1-7H3,(H,34,40)(H,35,39)/t21-,22-,25+,26-,27-/m0/s1. The molecule has 0 bridgehead atoms. The van der Waals surface area contributed by atoms with E-state index in [1.54, 1.807) is 18.5 Å². The molecule has 2 aromatic heterocycles. The predicted molar refractivity (Wildman–Crippen MR) is 161 cm³/mol. The summed E-state index contributed by atoms with van der Waals surface area (Å²) in [4.78, 5) is 46.9. The highest BCUT2D eigenvalue weighted by Crippen LogP contribution is 2.33. The zero-order valence-electron chi connectivity index (χ0n) is 25.6. The minimum Gasteiger partial charge on any atom is -0.388 e. The van der Waals surface area contributed by atoms with Gasteiger partial charge in [0.1, 0.15) is 23.8 Å². The lowest BCUT2D eigenvalue weighted by Gasteiger charge is -2.30. The molecule has 0 aliphatic carbocycles. The van der Waals surface area contributed by atoms with Crippen LogP contribution in [0.15, 0.2) is 40.4 Å². The number of alkyl halides is 1. The number of rotatable bonds is 9. The van der Waals surface area contributed by atoms with Crippen LogP contribution in [0, 0.1) is 19.8 Å². The number of halogens is 1. The number of aliphatic hydroxyl groups is 1. The second-order valence-corrected chi connectivity index (χ2v) is 13.3. The van der Waals surface area contributed by atoms with Gasteiger partial charge in [-0.05, 0) is 51.7 Å². The summed E-state index contributed by atoms with van der Waals surface area (Å²) < 4.78 is 20.8. The van der Waals surface area contributed by atoms with Crippen LogP contribution < -0.4 is 10.6 Å². The maximum absolute atomic E-state index is 15.5. The largest absolute Gasteiger partial charge is 0.388 e. The Morgan fingerprint density at radius 2 is 1.86 bits per heavy atom. The maximum Gasteiger partial charge on any atom is 0.246 e. The first-order valence-corrected chi connectivity index (χ1v) is 15.2. The molecule has 0 saturated carbocycles. The van der Waals surface area contributed by atoms with E-state index in [0.717, 1.165) is 21.0 Å². The van der Waals surface area contributed by atoms with E-state index in [9.17, 15) is 19.5 Å². The van der Waals surface area contributed by atoms with E-state index < -0.39 is 47.6 Å². The van der Waals surface area contributed by atoms with Gasteiger partial charge in [0.15, 0.2) is 6.17 Å². The van der Waals surface area contributed by atoms with Crippen molar-refractivity contribution in [2.45, 2.75) is 90.7 Å². The number of aromatic nitrogens is 2. The molecule has 1 saturated heterocycles. The van der Waals surface area contributed by atoms with Crippen molar-refractivity contribution in [1.82, 2.24) is 25.7 Å². The number of hydrogen-bond acceptors (Lipinski definition) is 8. The second-order valence-electron chi connectivity index (χ2n) is 12.5. The molecule has 3 aromatic rings. The van der Waals surface area contributed by atoms with Crippen LogP contribution in [0.25, 0.3) is 10.4 Å². The second kappa shape index (κ2) is 12.9. The van der Waals surface area contributed by atoms with Gasteiger partial charge in [-0.2, -0.15) is 0 Å². The van der Waals surface area contributed by atoms with Crippen molar-refractivity contribution in [1.29, 1.82) is 0 Å². The van der Waals surface area contributed by atoms with Gasteiger partial charge in [0.25, 0.3) is 0 Å². The van der Waals surface area contributed by atoms with Gasteiger partial charge in [0.2, 0.25) is 17.7 Å². The van der Waals surface area contributed by atoms with E-state index in [0.29, 0.717) is 17.0 Å². The van der Waals surface area contributed by atoms with Gasteiger partial charge < -0.3 is 25.2 Å². The molecule has 0 unspecified atom stereocenters. The Kier molecular flexibility index (Phi) is 9.70. The smallest absolute Gasteiger partial charge is 0.246 e. The first-order valence-electron chi connectivity index (χ1n) is 14.3. The number of thiazole rings is 1. The van der Waals surface area contributed by atoms with Gasteiger partial charge in [0, 0.05) is 11.6 Å². The van der Waals surface area contributed by atoms with Gasteiger partial charge in [-0.3, -0.25) is 14.4 Å². The van der Waals surface area contributed by atoms with Crippen LogP contribution in [-0.2, 0) is 14.4 Å². The summed E-state index contributed by atoms with van der Waals surface area (Å²) in [5.74, 6) is -2.43. The SMILES string of the molecule is Cc1cc([C@H](C(=O)N2C[C@H](O)[C@H](F)[C@H]2C(=O)N[C@@H](CC(=O)NC(C)(C)C)c2ccc(-c3scnc3C)cc2)C(C)C)on1. The van der Waals surface area contributed by atoms with Crippen molar-refractivity contribution in [3.05, 3.63) is 58.6 Å². The number of likely N-dealkylation sites (tertiary alicyclic amines) is 1. The summed E-state index contributed by atoms with van der Waals surface area (Å²) in [6.45, 7) is 12.5. The number of β-amino-alcohol motifs (C(OH)–C–C–N with tert-alkyl or cyclic N) is 1. The highest BCUT2D eigenvalue weighted by Gasteiger charge is 2.50. The number of nitrogens with one attached hydrogen (secondary N) is 2. The highest BCUT2D eigenvalue weighted by molar-refractivity contribution is 7.13. The van der Waals surface area contributed by atoms with Crippen molar-refractivity contribution in [3.8, 4) is 10.4 Å². The van der Waals surface area contributed by atoms with E-state index >= 15 is 4.39 Å². The summed E-state index contributed by atoms with van der Waals surface area (Å²) in [7, 11) is 0. The third-order valence-electron chi connectivity index (χ3n) is 7.37. The Bertz CT molecular complexity index is 1450. The number of hydrogen-bond donors (Lipinski definition) is 3. The average Bonchev–Trinajstić information content (AvgIpc) is 3.61. The molecule has 3 amide bonds. The van der Waals surface area contributed by atoms with E-state index in [1.165, 1.54) is 11.3 Å². The number of aryl methyl sites for hydroxylation is 2. The Morgan fingerprint density at radius 3 is 2.40 bits per heavy atom. The number of aliphatic hydroxyl groups excluding tert-OH is 1. The van der Waals surface area contributed by atoms with Crippen LogP contribution >= 0.6 is 11.3 Å². The van der Waals surface area contributed by atoms with Crippen LogP contribution in [0.1, 0.15) is 75.7 Å². The van der Waals surface area contributed by atoms with Crippen molar-refractivity contribution in [3.63, 3.8) is 0 Å². The first kappa shape index (κ1) is 32.3. The monoisotopic (exact) mass is 613 g/mol. The van der Waals surface area contributed by atoms with Gasteiger partial charge in [-0.15, -0.1) is 11.3 Å². The number of benzene rings is 1. The van der Waals surface area contributed by atoms with Gasteiger partial charge in [0.05, 0.1) is 40.8 Å². The molecular weight excluding hydrogens is 573 g/mol. The van der Waals surface area contributed by atoms with Crippen LogP contribution in [0.5, 0.6) is 0 Å². The highest BCUT2D eigenvalue weighted by atomic mass is 32.1. The molecule has 43 heavy (non-hydrogen) atoms. The molecule has 1 aliphatic heterocycles. The number of amides is 3. The van der Waals surface area contributed by atoms with E-state index in [1.807, 2.05) is 65.8 Å². The van der Waals surface area contributed by atoms with Crippen LogP contribution in [0.3, 0.4) is 0 Å². The average molecular weight is 614 g/mol. The Hall–Kier alpha value is -3.64. The van der Waals surface area contributed by atoms with Crippen LogP contribution in [-0.4, -0.2) is 68.3 Å². The van der Waals surface area contributed by atoms with Crippen molar-refractivity contribution in [2.75, 3.05) is 6.54 Å². The lowest BCUT2D eigenvalue weighted by Crippen LogP contribution is -2.52. The summed E-state index contributed by atoms with van der Waals surface area (Å²) in [6.07, 6.45) is -3.68. The van der Waals surface area contributed by atoms with Gasteiger partial charge in [-0.1, -0.05) is 43.3 Å². The fraction of sp³-hybridized carbons (Fsp3) is 0.516. The molecule has 1 aliphatic rings. The summed E-state index contributed by atoms with van der Waals surface area (Å²) in [6, 6.07) is 6.60. The normalized spacial score (nSPS) is 20.2. The van der Waals surface area contributed by atoms with E-state index in [2.05, 4.69) is 20.8 Å². The van der Waals surface area contributed by atoms with Gasteiger partial charge in [-0.25, -0.2) is 9.37 Å². The molecule has 12 heteroatoms. The van der Waals surface area contributed by atoms with Crippen LogP contribution in [0.4, 0.5) is 4.39 Å². The Balaban J connectivity index is 1.62. The number of carbonyl (C=O) groups is 3. The number of nitrogens with zero attached hydrogens (tertiary/aromatic N) is 3. The first-order chi connectivity index (χ1) is 20.2. The summed E-state index contributed by atoms with van der Waals surface area (Å²) in [5, 5.41) is 20.0. The topological polar surface area (TPSA) is 138 Å². The lowest BCUT2D eigenvalue weighted by molar-refractivity contribution is -0.142. The Labute approximate surface area is 255 Å².